The molecule has 9 nitrogen and oxygen atoms in total. The Balaban J connectivity index is 2.45. The number of rotatable bonds is 3. The molecule has 1 fully saturated rings. The van der Waals surface area contributed by atoms with Crippen molar-refractivity contribution in [1.29, 1.82) is 0 Å². The number of esters is 1. The van der Waals surface area contributed by atoms with Crippen molar-refractivity contribution in [2.24, 2.45) is 0 Å². The van der Waals surface area contributed by atoms with Gasteiger partial charge in [0, 0.05) is 0 Å². The lowest BCUT2D eigenvalue weighted by molar-refractivity contribution is -0.150. The summed E-state index contributed by atoms with van der Waals surface area (Å²) in [5.74, 6) is -1.58. The van der Waals surface area contributed by atoms with Crippen LogP contribution in [0, 0.1) is 5.82 Å². The van der Waals surface area contributed by atoms with E-state index in [2.05, 4.69) is 0 Å². The second-order valence-electron chi connectivity index (χ2n) is 7.96. The van der Waals surface area contributed by atoms with Crippen LogP contribution in [0.25, 0.3) is 0 Å². The highest BCUT2D eigenvalue weighted by Gasteiger charge is 2.33. The van der Waals surface area contributed by atoms with Crippen molar-refractivity contribution in [2.75, 3.05) is 46.8 Å². The summed E-state index contributed by atoms with van der Waals surface area (Å²) in [6.45, 7) is 4.66. The maximum atomic E-state index is 13.5. The molecule has 2 rings (SSSR count). The Morgan fingerprint density at radius 3 is 2.42 bits per heavy atom. The van der Waals surface area contributed by atoms with Crippen molar-refractivity contribution in [3.05, 3.63) is 35.6 Å². The molecule has 1 unspecified atom stereocenters. The number of ether oxygens (including phenoxy) is 4. The highest BCUT2D eigenvalue weighted by atomic mass is 19.1. The molecule has 1 saturated heterocycles. The number of nitrogens with zero attached hydrogens (tertiary/aromatic N) is 2. The van der Waals surface area contributed by atoms with Crippen molar-refractivity contribution in [2.45, 2.75) is 32.4 Å². The van der Waals surface area contributed by atoms with Crippen LogP contribution >= 0.6 is 0 Å². The minimum Gasteiger partial charge on any atom is -0.468 e. The molecule has 0 radical (unpaired) electrons. The Morgan fingerprint density at radius 2 is 1.81 bits per heavy atom. The van der Waals surface area contributed by atoms with Crippen molar-refractivity contribution >= 4 is 18.0 Å². The minimum atomic E-state index is -0.801. The van der Waals surface area contributed by atoms with Crippen molar-refractivity contribution < 1.29 is 37.7 Å². The van der Waals surface area contributed by atoms with Crippen LogP contribution in [-0.4, -0.2) is 80.1 Å². The van der Waals surface area contributed by atoms with E-state index in [0.29, 0.717) is 5.56 Å². The molecule has 0 aliphatic carbocycles. The van der Waals surface area contributed by atoms with Gasteiger partial charge < -0.3 is 23.8 Å². The zero-order valence-electron chi connectivity index (χ0n) is 18.3. The first kappa shape index (κ1) is 24.5. The second kappa shape index (κ2) is 11.1. The lowest BCUT2D eigenvalue weighted by Gasteiger charge is -2.35. The summed E-state index contributed by atoms with van der Waals surface area (Å²) in [5, 5.41) is 0. The van der Waals surface area contributed by atoms with Gasteiger partial charge in [0.15, 0.2) is 0 Å². The fourth-order valence-electron chi connectivity index (χ4n) is 2.89. The van der Waals surface area contributed by atoms with Gasteiger partial charge in [-0.05, 0) is 38.5 Å². The molecule has 0 bridgehead atoms. The standard InChI is InChI=1S/C21H29FN2O7/c1-21(2,3)31-20(27)23-11-17(15-5-7-16(22)8-6-15)24(12-19(26)28-4)18(25)13-29-9-10-30-14-23/h5-8,17H,9-14H2,1-4H3. The number of benzene rings is 1. The molecule has 31 heavy (non-hydrogen) atoms. The molecular formula is C21H29FN2O7. The number of carbonyl (C=O) groups excluding carboxylic acids is 3. The predicted octanol–water partition coefficient (Wildman–Crippen LogP) is 2.11. The normalized spacial score (nSPS) is 18.9. The molecule has 1 atom stereocenters. The Bertz CT molecular complexity index is 764. The summed E-state index contributed by atoms with van der Waals surface area (Å²) in [5.41, 5.74) is -0.231. The largest absolute Gasteiger partial charge is 0.468 e. The molecule has 0 N–H and O–H groups in total. The van der Waals surface area contributed by atoms with Crippen LogP contribution in [0.3, 0.4) is 0 Å². The molecule has 172 valence electrons. The van der Waals surface area contributed by atoms with Gasteiger partial charge in [0.1, 0.15) is 31.3 Å². The summed E-state index contributed by atoms with van der Waals surface area (Å²) >= 11 is 0. The monoisotopic (exact) mass is 440 g/mol. The Hall–Kier alpha value is -2.72. The van der Waals surface area contributed by atoms with Crippen LogP contribution in [0.5, 0.6) is 0 Å². The van der Waals surface area contributed by atoms with Crippen molar-refractivity contribution in [3.63, 3.8) is 0 Å². The molecule has 1 aromatic rings. The highest BCUT2D eigenvalue weighted by molar-refractivity contribution is 5.83. The molecule has 0 aromatic heterocycles. The molecule has 2 amide bonds. The topological polar surface area (TPSA) is 94.6 Å². The SMILES string of the molecule is COC(=O)CN1C(=O)COCCOCN(C(=O)OC(C)(C)C)CC1c1ccc(F)cc1. The van der Waals surface area contributed by atoms with E-state index in [0.717, 1.165) is 0 Å². The van der Waals surface area contributed by atoms with Crippen molar-refractivity contribution in [3.8, 4) is 0 Å². The lowest BCUT2D eigenvalue weighted by atomic mass is 10.0. The molecule has 10 heteroatoms. The van der Waals surface area contributed by atoms with E-state index in [4.69, 9.17) is 18.9 Å². The molecular weight excluding hydrogens is 411 g/mol. The second-order valence-corrected chi connectivity index (χ2v) is 7.96. The number of hydrogen-bond donors (Lipinski definition) is 0. The van der Waals surface area contributed by atoms with Crippen LogP contribution < -0.4 is 0 Å². The van der Waals surface area contributed by atoms with Gasteiger partial charge in [-0.15, -0.1) is 0 Å². The van der Waals surface area contributed by atoms with Gasteiger partial charge in [-0.3, -0.25) is 14.5 Å². The molecule has 0 spiro atoms. The fraction of sp³-hybridized carbons (Fsp3) is 0.571. The predicted molar refractivity (Wildman–Crippen MR) is 107 cm³/mol. The van der Waals surface area contributed by atoms with Crippen molar-refractivity contribution in [1.82, 2.24) is 9.80 Å². The zero-order valence-corrected chi connectivity index (χ0v) is 18.3. The smallest absolute Gasteiger partial charge is 0.412 e. The van der Waals surface area contributed by atoms with Gasteiger partial charge in [-0.25, -0.2) is 9.18 Å². The number of carbonyl (C=O) groups is 3. The molecule has 0 saturated carbocycles. The first-order valence-electron chi connectivity index (χ1n) is 9.86. The first-order chi connectivity index (χ1) is 14.6. The third-order valence-electron chi connectivity index (χ3n) is 4.37. The summed E-state index contributed by atoms with van der Waals surface area (Å²) in [6, 6.07) is 4.67. The molecule has 1 aliphatic rings. The van der Waals surface area contributed by atoms with E-state index in [1.54, 1.807) is 20.8 Å². The van der Waals surface area contributed by atoms with E-state index in [1.807, 2.05) is 0 Å². The van der Waals surface area contributed by atoms with E-state index in [9.17, 15) is 18.8 Å². The van der Waals surface area contributed by atoms with Gasteiger partial charge in [-0.1, -0.05) is 12.1 Å². The van der Waals surface area contributed by atoms with E-state index in [1.165, 1.54) is 41.2 Å². The maximum Gasteiger partial charge on any atom is 0.412 e. The van der Waals surface area contributed by atoms with E-state index < -0.39 is 35.4 Å². The summed E-state index contributed by atoms with van der Waals surface area (Å²) in [6.07, 6.45) is -0.648. The number of methoxy groups -OCH3 is 1. The number of amides is 2. The van der Waals surface area contributed by atoms with E-state index >= 15 is 0 Å². The number of hydrogen-bond acceptors (Lipinski definition) is 7. The van der Waals surface area contributed by atoms with Gasteiger partial charge in [0.25, 0.3) is 0 Å². The summed E-state index contributed by atoms with van der Waals surface area (Å²) < 4.78 is 34.6. The Kier molecular flexibility index (Phi) is 8.76. The zero-order chi connectivity index (χ0) is 23.0. The van der Waals surface area contributed by atoms with Gasteiger partial charge in [0.05, 0.1) is 32.9 Å². The minimum absolute atomic E-state index is 0.0523. The highest BCUT2D eigenvalue weighted by Crippen LogP contribution is 2.24. The third kappa shape index (κ3) is 7.80. The quantitative estimate of drug-likeness (QED) is 0.665. The molecule has 1 aliphatic heterocycles. The summed E-state index contributed by atoms with van der Waals surface area (Å²) in [4.78, 5) is 40.3. The maximum absolute atomic E-state index is 13.5. The van der Waals surface area contributed by atoms with Gasteiger partial charge >= 0.3 is 12.1 Å². The Morgan fingerprint density at radius 1 is 1.16 bits per heavy atom. The molecule has 1 aromatic carbocycles. The lowest BCUT2D eigenvalue weighted by Crippen LogP contribution is -2.47. The van der Waals surface area contributed by atoms with Gasteiger partial charge in [0.2, 0.25) is 5.91 Å². The van der Waals surface area contributed by atoms with Crippen LogP contribution in [0.2, 0.25) is 0 Å². The van der Waals surface area contributed by atoms with E-state index in [-0.39, 0.29) is 39.6 Å². The van der Waals surface area contributed by atoms with Crippen LogP contribution in [0.15, 0.2) is 24.3 Å². The van der Waals surface area contributed by atoms with Crippen LogP contribution in [-0.2, 0) is 28.5 Å². The Labute approximate surface area is 181 Å². The first-order valence-corrected chi connectivity index (χ1v) is 9.86. The van der Waals surface area contributed by atoms with Crippen LogP contribution in [0.1, 0.15) is 32.4 Å². The molecule has 1 heterocycles. The summed E-state index contributed by atoms with van der Waals surface area (Å²) in [7, 11) is 1.21. The van der Waals surface area contributed by atoms with Crippen LogP contribution in [0.4, 0.5) is 9.18 Å². The average Bonchev–Trinajstić information content (AvgIpc) is 2.73. The van der Waals surface area contributed by atoms with Gasteiger partial charge in [-0.2, -0.15) is 0 Å². The average molecular weight is 440 g/mol. The number of halogens is 1. The third-order valence-corrected chi connectivity index (χ3v) is 4.37. The fourth-order valence-corrected chi connectivity index (χ4v) is 2.89.